The van der Waals surface area contributed by atoms with Crippen LogP contribution in [-0.2, 0) is 4.79 Å². The van der Waals surface area contributed by atoms with E-state index in [0.29, 0.717) is 12.5 Å². The number of hydrogen-bond acceptors (Lipinski definition) is 3. The Bertz CT molecular complexity index is 276. The van der Waals surface area contributed by atoms with Crippen molar-refractivity contribution in [1.29, 1.82) is 0 Å². The summed E-state index contributed by atoms with van der Waals surface area (Å²) in [6.07, 6.45) is 1.23. The summed E-state index contributed by atoms with van der Waals surface area (Å²) >= 11 is 0. The molecule has 0 bridgehead atoms. The molecule has 1 atom stereocenters. The van der Waals surface area contributed by atoms with Crippen LogP contribution in [-0.4, -0.2) is 74.0 Å². The van der Waals surface area contributed by atoms with Crippen LogP contribution in [0.25, 0.3) is 0 Å². The Balaban J connectivity index is 2.47. The van der Waals surface area contributed by atoms with Gasteiger partial charge in [0, 0.05) is 26.2 Å². The Morgan fingerprint density at radius 1 is 1.35 bits per heavy atom. The highest BCUT2D eigenvalue weighted by molar-refractivity contribution is 5.77. The maximum absolute atomic E-state index is 11.6. The number of carbonyl (C=O) groups is 1. The minimum Gasteiger partial charge on any atom is -0.348 e. The van der Waals surface area contributed by atoms with Gasteiger partial charge in [0.05, 0.1) is 6.54 Å². The molecule has 0 aromatic rings. The van der Waals surface area contributed by atoms with Crippen LogP contribution in [0.5, 0.6) is 0 Å². The van der Waals surface area contributed by atoms with Crippen LogP contribution in [0.3, 0.4) is 0 Å². The minimum absolute atomic E-state index is 0.177. The molecular formula is C13H27N3O. The van der Waals surface area contributed by atoms with E-state index in [4.69, 9.17) is 0 Å². The van der Waals surface area contributed by atoms with Gasteiger partial charge in [-0.25, -0.2) is 0 Å². The summed E-state index contributed by atoms with van der Waals surface area (Å²) in [5.74, 6) is 0.823. The van der Waals surface area contributed by atoms with Crippen LogP contribution in [0.1, 0.15) is 20.3 Å². The van der Waals surface area contributed by atoms with Gasteiger partial charge in [-0.2, -0.15) is 0 Å². The van der Waals surface area contributed by atoms with Gasteiger partial charge < -0.3 is 9.80 Å². The molecule has 0 aliphatic carbocycles. The fraction of sp³-hybridized carbons (Fsp3) is 0.923. The summed E-state index contributed by atoms with van der Waals surface area (Å²) in [5, 5.41) is 0. The van der Waals surface area contributed by atoms with Crippen molar-refractivity contribution in [2.45, 2.75) is 25.8 Å². The van der Waals surface area contributed by atoms with Gasteiger partial charge >= 0.3 is 0 Å². The maximum atomic E-state index is 11.6. The van der Waals surface area contributed by atoms with Crippen LogP contribution in [0.2, 0.25) is 0 Å². The highest BCUT2D eigenvalue weighted by Gasteiger charge is 2.39. The monoisotopic (exact) mass is 241 g/mol. The maximum Gasteiger partial charge on any atom is 0.236 e. The summed E-state index contributed by atoms with van der Waals surface area (Å²) in [4.78, 5) is 17.8. The molecular weight excluding hydrogens is 214 g/mol. The minimum atomic E-state index is 0.177. The molecule has 1 saturated heterocycles. The molecule has 0 N–H and O–H groups in total. The first-order valence-electron chi connectivity index (χ1n) is 6.35. The van der Waals surface area contributed by atoms with Crippen molar-refractivity contribution in [3.63, 3.8) is 0 Å². The van der Waals surface area contributed by atoms with E-state index >= 15 is 0 Å². The lowest BCUT2D eigenvalue weighted by molar-refractivity contribution is -0.129. The lowest BCUT2D eigenvalue weighted by Gasteiger charge is -2.35. The van der Waals surface area contributed by atoms with Crippen LogP contribution in [0, 0.1) is 5.92 Å². The Morgan fingerprint density at radius 2 is 1.94 bits per heavy atom. The summed E-state index contributed by atoms with van der Waals surface area (Å²) in [6.45, 7) is 7.27. The number of amides is 1. The zero-order valence-electron chi connectivity index (χ0n) is 12.2. The summed E-state index contributed by atoms with van der Waals surface area (Å²) in [5.41, 5.74) is 0.245. The van der Waals surface area contributed by atoms with Gasteiger partial charge in [-0.15, -0.1) is 0 Å². The predicted octanol–water partition coefficient (Wildman–Crippen LogP) is 0.737. The molecule has 0 unspecified atom stereocenters. The topological polar surface area (TPSA) is 26.8 Å². The van der Waals surface area contributed by atoms with E-state index in [0.717, 1.165) is 13.1 Å². The number of likely N-dealkylation sites (tertiary alicyclic amines) is 1. The highest BCUT2D eigenvalue weighted by Crippen LogP contribution is 2.33. The van der Waals surface area contributed by atoms with Crippen molar-refractivity contribution in [1.82, 2.24) is 14.7 Å². The summed E-state index contributed by atoms with van der Waals surface area (Å²) < 4.78 is 0. The van der Waals surface area contributed by atoms with Crippen LogP contribution < -0.4 is 0 Å². The van der Waals surface area contributed by atoms with Gasteiger partial charge in [0.15, 0.2) is 0 Å². The average molecular weight is 241 g/mol. The number of hydrogen-bond donors (Lipinski definition) is 0. The van der Waals surface area contributed by atoms with E-state index in [9.17, 15) is 4.79 Å². The molecule has 1 rings (SSSR count). The van der Waals surface area contributed by atoms with Gasteiger partial charge in [0.25, 0.3) is 0 Å². The third-order valence-electron chi connectivity index (χ3n) is 4.23. The molecule has 4 heteroatoms. The molecule has 1 aliphatic rings. The smallest absolute Gasteiger partial charge is 0.236 e. The standard InChI is InChI=1S/C13H27N3O/c1-13(2)11(7-8-16(13)6)9-15(5)10-12(17)14(3)4/h11H,7-10H2,1-6H3/t11-/m1/s1. The molecule has 1 heterocycles. The molecule has 0 aromatic carbocycles. The molecule has 100 valence electrons. The van der Waals surface area contributed by atoms with E-state index in [2.05, 4.69) is 30.7 Å². The number of likely N-dealkylation sites (N-methyl/N-ethyl adjacent to an activating group) is 2. The van der Waals surface area contributed by atoms with Gasteiger partial charge in [0.2, 0.25) is 5.91 Å². The Morgan fingerprint density at radius 3 is 2.35 bits per heavy atom. The average Bonchev–Trinajstić information content (AvgIpc) is 2.44. The first-order chi connectivity index (χ1) is 7.75. The van der Waals surface area contributed by atoms with Crippen molar-refractivity contribution in [3.05, 3.63) is 0 Å². The quantitative estimate of drug-likeness (QED) is 0.726. The van der Waals surface area contributed by atoms with Crippen LogP contribution in [0.15, 0.2) is 0 Å². The third-order valence-corrected chi connectivity index (χ3v) is 4.23. The van der Waals surface area contributed by atoms with E-state index in [1.807, 2.05) is 21.1 Å². The van der Waals surface area contributed by atoms with E-state index < -0.39 is 0 Å². The lowest BCUT2D eigenvalue weighted by atomic mass is 9.88. The van der Waals surface area contributed by atoms with Crippen molar-refractivity contribution in [3.8, 4) is 0 Å². The van der Waals surface area contributed by atoms with E-state index in [1.165, 1.54) is 6.42 Å². The molecule has 1 amide bonds. The van der Waals surface area contributed by atoms with E-state index in [-0.39, 0.29) is 11.4 Å². The molecule has 1 aliphatic heterocycles. The Kier molecular flexibility index (Phi) is 4.55. The fourth-order valence-electron chi connectivity index (χ4n) is 2.43. The van der Waals surface area contributed by atoms with Gasteiger partial charge in [-0.3, -0.25) is 9.69 Å². The van der Waals surface area contributed by atoms with Crippen molar-refractivity contribution in [2.75, 3.05) is 47.8 Å². The number of rotatable bonds is 4. The summed E-state index contributed by atoms with van der Waals surface area (Å²) in [6, 6.07) is 0. The van der Waals surface area contributed by atoms with Crippen molar-refractivity contribution < 1.29 is 4.79 Å². The van der Waals surface area contributed by atoms with Gasteiger partial charge in [-0.05, 0) is 46.8 Å². The predicted molar refractivity (Wildman–Crippen MR) is 71.0 cm³/mol. The van der Waals surface area contributed by atoms with Crippen LogP contribution in [0.4, 0.5) is 0 Å². The lowest BCUT2D eigenvalue weighted by Crippen LogP contribution is -2.45. The zero-order valence-corrected chi connectivity index (χ0v) is 12.2. The second-order valence-electron chi connectivity index (χ2n) is 6.05. The summed E-state index contributed by atoms with van der Waals surface area (Å²) in [7, 11) is 7.84. The van der Waals surface area contributed by atoms with E-state index in [1.54, 1.807) is 4.90 Å². The number of nitrogens with zero attached hydrogens (tertiary/aromatic N) is 3. The van der Waals surface area contributed by atoms with Gasteiger partial charge in [-0.1, -0.05) is 0 Å². The first kappa shape index (κ1) is 14.5. The second-order valence-corrected chi connectivity index (χ2v) is 6.05. The highest BCUT2D eigenvalue weighted by atomic mass is 16.2. The molecule has 4 nitrogen and oxygen atoms in total. The zero-order chi connectivity index (χ0) is 13.2. The normalized spacial score (nSPS) is 24.3. The molecule has 0 radical (unpaired) electrons. The Hall–Kier alpha value is -0.610. The molecule has 0 saturated carbocycles. The van der Waals surface area contributed by atoms with Crippen molar-refractivity contribution >= 4 is 5.91 Å². The SMILES string of the molecule is CN(CC(=O)N(C)C)C[C@H]1CCN(C)C1(C)C. The molecule has 0 spiro atoms. The number of carbonyl (C=O) groups excluding carboxylic acids is 1. The first-order valence-corrected chi connectivity index (χ1v) is 6.35. The molecule has 0 aromatic heterocycles. The molecule has 17 heavy (non-hydrogen) atoms. The van der Waals surface area contributed by atoms with Gasteiger partial charge in [0.1, 0.15) is 0 Å². The third kappa shape index (κ3) is 3.42. The van der Waals surface area contributed by atoms with Crippen molar-refractivity contribution in [2.24, 2.45) is 5.92 Å². The largest absolute Gasteiger partial charge is 0.348 e. The van der Waals surface area contributed by atoms with Crippen LogP contribution >= 0.6 is 0 Å². The fourth-order valence-corrected chi connectivity index (χ4v) is 2.43. The molecule has 1 fully saturated rings. The Labute approximate surface area is 106 Å². The second kappa shape index (κ2) is 5.36.